The van der Waals surface area contributed by atoms with E-state index in [4.69, 9.17) is 11.6 Å². The summed E-state index contributed by atoms with van der Waals surface area (Å²) in [6.07, 6.45) is 1.26. The van der Waals surface area contributed by atoms with E-state index in [1.54, 1.807) is 0 Å². The van der Waals surface area contributed by atoms with Gasteiger partial charge >= 0.3 is 0 Å². The SMILES string of the molecule is C=C(Cl)CN1CCSC(CC)C1. The van der Waals surface area contributed by atoms with Crippen molar-refractivity contribution >= 4 is 23.4 Å². The van der Waals surface area contributed by atoms with Crippen molar-refractivity contribution in [3.05, 3.63) is 11.6 Å². The van der Waals surface area contributed by atoms with E-state index < -0.39 is 0 Å². The van der Waals surface area contributed by atoms with Gasteiger partial charge in [-0.15, -0.1) is 0 Å². The average molecular weight is 206 g/mol. The van der Waals surface area contributed by atoms with Crippen LogP contribution in [0.4, 0.5) is 0 Å². The molecule has 1 unspecified atom stereocenters. The number of rotatable bonds is 3. The molecule has 1 saturated heterocycles. The molecule has 1 rings (SSSR count). The van der Waals surface area contributed by atoms with Crippen LogP contribution in [0.25, 0.3) is 0 Å². The van der Waals surface area contributed by atoms with Crippen LogP contribution in [0, 0.1) is 0 Å². The van der Waals surface area contributed by atoms with Crippen molar-refractivity contribution in [2.75, 3.05) is 25.4 Å². The number of thioether (sulfide) groups is 1. The lowest BCUT2D eigenvalue weighted by Crippen LogP contribution is -2.38. The third kappa shape index (κ3) is 3.38. The first-order valence-electron chi connectivity index (χ1n) is 4.39. The summed E-state index contributed by atoms with van der Waals surface area (Å²) in [6, 6.07) is 0. The van der Waals surface area contributed by atoms with Gasteiger partial charge in [-0.05, 0) is 6.42 Å². The van der Waals surface area contributed by atoms with Crippen LogP contribution >= 0.6 is 23.4 Å². The van der Waals surface area contributed by atoms with Crippen LogP contribution < -0.4 is 0 Å². The Hall–Kier alpha value is 0.340. The van der Waals surface area contributed by atoms with Crippen LogP contribution in [-0.2, 0) is 0 Å². The minimum Gasteiger partial charge on any atom is -0.296 e. The number of halogens is 1. The molecular weight excluding hydrogens is 190 g/mol. The van der Waals surface area contributed by atoms with Crippen molar-refractivity contribution in [1.82, 2.24) is 4.90 Å². The van der Waals surface area contributed by atoms with Crippen LogP contribution in [0.2, 0.25) is 0 Å². The molecule has 0 aromatic rings. The van der Waals surface area contributed by atoms with Crippen LogP contribution in [0.1, 0.15) is 13.3 Å². The van der Waals surface area contributed by atoms with Gasteiger partial charge in [-0.25, -0.2) is 0 Å². The molecule has 1 nitrogen and oxygen atoms in total. The van der Waals surface area contributed by atoms with Crippen molar-refractivity contribution in [3.8, 4) is 0 Å². The molecule has 0 bridgehead atoms. The van der Waals surface area contributed by atoms with Crippen LogP contribution in [0.3, 0.4) is 0 Å². The molecule has 0 aromatic heterocycles. The first-order chi connectivity index (χ1) is 5.72. The van der Waals surface area contributed by atoms with Crippen molar-refractivity contribution in [2.45, 2.75) is 18.6 Å². The second kappa shape index (κ2) is 5.15. The topological polar surface area (TPSA) is 3.24 Å². The van der Waals surface area contributed by atoms with Crippen LogP contribution in [0.15, 0.2) is 11.6 Å². The zero-order valence-electron chi connectivity index (χ0n) is 7.55. The molecule has 1 aliphatic heterocycles. The van der Waals surface area contributed by atoms with Gasteiger partial charge < -0.3 is 0 Å². The Morgan fingerprint density at radius 2 is 2.50 bits per heavy atom. The average Bonchev–Trinajstić information content (AvgIpc) is 2.03. The standard InChI is InChI=1S/C9H16ClNS/c1-3-9-7-11(4-5-12-9)6-8(2)10/h9H,2-7H2,1H3. The Labute approximate surface area is 84.1 Å². The van der Waals surface area contributed by atoms with E-state index in [1.807, 2.05) is 0 Å². The molecule has 70 valence electrons. The highest BCUT2D eigenvalue weighted by atomic mass is 35.5. The summed E-state index contributed by atoms with van der Waals surface area (Å²) in [5.41, 5.74) is 0. The van der Waals surface area contributed by atoms with E-state index in [0.29, 0.717) is 0 Å². The molecule has 0 aliphatic carbocycles. The molecule has 0 spiro atoms. The van der Waals surface area contributed by atoms with Gasteiger partial charge in [0.05, 0.1) is 0 Å². The summed E-state index contributed by atoms with van der Waals surface area (Å²) >= 11 is 7.84. The van der Waals surface area contributed by atoms with Crippen LogP contribution in [-0.4, -0.2) is 35.5 Å². The summed E-state index contributed by atoms with van der Waals surface area (Å²) < 4.78 is 0. The molecule has 3 heteroatoms. The molecule has 1 heterocycles. The molecule has 0 aromatic carbocycles. The van der Waals surface area contributed by atoms with E-state index >= 15 is 0 Å². The van der Waals surface area contributed by atoms with Crippen molar-refractivity contribution in [2.24, 2.45) is 0 Å². The number of hydrogen-bond donors (Lipinski definition) is 0. The Morgan fingerprint density at radius 1 is 1.75 bits per heavy atom. The van der Waals surface area contributed by atoms with E-state index in [1.165, 1.54) is 18.7 Å². The van der Waals surface area contributed by atoms with Gasteiger partial charge in [0.1, 0.15) is 0 Å². The first kappa shape index (κ1) is 10.4. The molecule has 0 radical (unpaired) electrons. The van der Waals surface area contributed by atoms with Gasteiger partial charge in [0.2, 0.25) is 0 Å². The molecule has 0 amide bonds. The number of nitrogens with zero attached hydrogens (tertiary/aromatic N) is 1. The maximum atomic E-state index is 5.76. The lowest BCUT2D eigenvalue weighted by molar-refractivity contribution is 0.309. The summed E-state index contributed by atoms with van der Waals surface area (Å²) in [5.74, 6) is 1.24. The number of hydrogen-bond acceptors (Lipinski definition) is 2. The predicted molar refractivity (Wildman–Crippen MR) is 58.0 cm³/mol. The van der Waals surface area contributed by atoms with Crippen molar-refractivity contribution < 1.29 is 0 Å². The second-order valence-corrected chi connectivity index (χ2v) is 5.10. The third-order valence-electron chi connectivity index (χ3n) is 2.07. The minimum atomic E-state index is 0.761. The Bertz CT molecular complexity index is 161. The maximum Gasteiger partial charge on any atom is 0.0336 e. The fourth-order valence-electron chi connectivity index (χ4n) is 1.41. The highest BCUT2D eigenvalue weighted by Crippen LogP contribution is 2.21. The Balaban J connectivity index is 2.30. The Kier molecular flexibility index (Phi) is 4.47. The van der Waals surface area contributed by atoms with Gasteiger partial charge in [0.25, 0.3) is 0 Å². The smallest absolute Gasteiger partial charge is 0.0336 e. The largest absolute Gasteiger partial charge is 0.296 e. The molecule has 0 saturated carbocycles. The molecule has 1 fully saturated rings. The Morgan fingerprint density at radius 3 is 3.08 bits per heavy atom. The van der Waals surface area contributed by atoms with Gasteiger partial charge in [-0.3, -0.25) is 4.90 Å². The normalized spacial score (nSPS) is 25.7. The second-order valence-electron chi connectivity index (χ2n) is 3.15. The molecular formula is C9H16ClNS. The fraction of sp³-hybridized carbons (Fsp3) is 0.778. The fourth-order valence-corrected chi connectivity index (χ4v) is 2.83. The molecule has 12 heavy (non-hydrogen) atoms. The lowest BCUT2D eigenvalue weighted by Gasteiger charge is -2.31. The predicted octanol–water partition coefficient (Wildman–Crippen LogP) is 2.57. The van der Waals surface area contributed by atoms with Gasteiger partial charge in [0, 0.05) is 35.7 Å². The summed E-state index contributed by atoms with van der Waals surface area (Å²) in [5, 5.41) is 1.56. The highest BCUT2D eigenvalue weighted by Gasteiger charge is 2.18. The summed E-state index contributed by atoms with van der Waals surface area (Å²) in [6.45, 7) is 9.16. The summed E-state index contributed by atoms with van der Waals surface area (Å²) in [4.78, 5) is 2.39. The maximum absolute atomic E-state index is 5.76. The lowest BCUT2D eigenvalue weighted by atomic mass is 10.3. The highest BCUT2D eigenvalue weighted by molar-refractivity contribution is 8.00. The monoisotopic (exact) mass is 205 g/mol. The van der Waals surface area contributed by atoms with Crippen molar-refractivity contribution in [1.29, 1.82) is 0 Å². The minimum absolute atomic E-state index is 0.761. The zero-order valence-corrected chi connectivity index (χ0v) is 9.13. The zero-order chi connectivity index (χ0) is 8.97. The van der Waals surface area contributed by atoms with E-state index in [0.717, 1.165) is 23.4 Å². The van der Waals surface area contributed by atoms with Gasteiger partial charge in [-0.1, -0.05) is 25.1 Å². The van der Waals surface area contributed by atoms with Gasteiger partial charge in [-0.2, -0.15) is 11.8 Å². The van der Waals surface area contributed by atoms with Crippen LogP contribution in [0.5, 0.6) is 0 Å². The van der Waals surface area contributed by atoms with Gasteiger partial charge in [0.15, 0.2) is 0 Å². The quantitative estimate of drug-likeness (QED) is 0.697. The summed E-state index contributed by atoms with van der Waals surface area (Å²) in [7, 11) is 0. The molecule has 1 atom stereocenters. The molecule has 0 N–H and O–H groups in total. The van der Waals surface area contributed by atoms with Crippen molar-refractivity contribution in [3.63, 3.8) is 0 Å². The van der Waals surface area contributed by atoms with E-state index in [9.17, 15) is 0 Å². The van der Waals surface area contributed by atoms with E-state index in [-0.39, 0.29) is 0 Å². The third-order valence-corrected chi connectivity index (χ3v) is 3.57. The first-order valence-corrected chi connectivity index (χ1v) is 5.82. The van der Waals surface area contributed by atoms with E-state index in [2.05, 4.69) is 30.2 Å². The molecule has 1 aliphatic rings.